The molecule has 0 fully saturated rings. The summed E-state index contributed by atoms with van der Waals surface area (Å²) in [5.41, 5.74) is 3.71. The quantitative estimate of drug-likeness (QED) is 0.596. The van der Waals surface area contributed by atoms with Crippen LogP contribution in [0.25, 0.3) is 0 Å². The molecule has 0 bridgehead atoms. The van der Waals surface area contributed by atoms with E-state index < -0.39 is 0 Å². The van der Waals surface area contributed by atoms with Crippen LogP contribution in [0.2, 0.25) is 5.02 Å². The van der Waals surface area contributed by atoms with Crippen LogP contribution in [0.3, 0.4) is 0 Å². The molecule has 0 amide bonds. The van der Waals surface area contributed by atoms with Gasteiger partial charge in [-0.3, -0.25) is 15.4 Å². The molecule has 1 heterocycles. The van der Waals surface area contributed by atoms with Crippen molar-refractivity contribution in [1.29, 1.82) is 0 Å². The summed E-state index contributed by atoms with van der Waals surface area (Å²) in [6.45, 7) is 13.4. The maximum Gasteiger partial charge on any atom is 0.0835 e. The summed E-state index contributed by atoms with van der Waals surface area (Å²) in [6.07, 6.45) is 1.68. The highest BCUT2D eigenvalue weighted by Crippen LogP contribution is 2.34. The predicted octanol–water partition coefficient (Wildman–Crippen LogP) is 2.18. The number of hydrogen-bond acceptors (Lipinski definition) is 4. The molecule has 0 radical (unpaired) electrons. The fourth-order valence-corrected chi connectivity index (χ4v) is 3.00. The van der Waals surface area contributed by atoms with Crippen molar-refractivity contribution >= 4 is 11.6 Å². The SMILES string of the molecule is CCN(CC)C(C)(C)C(NN)c1c(Cl)cnn1CC. The van der Waals surface area contributed by atoms with Crippen molar-refractivity contribution in [1.82, 2.24) is 20.1 Å². The van der Waals surface area contributed by atoms with Gasteiger partial charge in [-0.1, -0.05) is 25.4 Å². The van der Waals surface area contributed by atoms with Gasteiger partial charge in [0.2, 0.25) is 0 Å². The Morgan fingerprint density at radius 3 is 2.42 bits per heavy atom. The maximum absolute atomic E-state index is 6.30. The van der Waals surface area contributed by atoms with Gasteiger partial charge in [-0.2, -0.15) is 5.10 Å². The predicted molar refractivity (Wildman–Crippen MR) is 80.0 cm³/mol. The highest BCUT2D eigenvalue weighted by Gasteiger charge is 2.37. The van der Waals surface area contributed by atoms with Gasteiger partial charge < -0.3 is 0 Å². The molecule has 1 unspecified atom stereocenters. The number of hydrazine groups is 1. The zero-order valence-corrected chi connectivity index (χ0v) is 13.3. The Balaban J connectivity index is 3.22. The van der Waals surface area contributed by atoms with Gasteiger partial charge in [0.05, 0.1) is 23.0 Å². The molecule has 1 atom stereocenters. The normalized spacial score (nSPS) is 14.1. The van der Waals surface area contributed by atoms with Crippen molar-refractivity contribution in [3.05, 3.63) is 16.9 Å². The van der Waals surface area contributed by atoms with Crippen LogP contribution in [0.15, 0.2) is 6.20 Å². The highest BCUT2D eigenvalue weighted by atomic mass is 35.5. The molecule has 1 aromatic rings. The number of likely N-dealkylation sites (N-methyl/N-ethyl adjacent to an activating group) is 1. The van der Waals surface area contributed by atoms with Gasteiger partial charge in [-0.25, -0.2) is 5.43 Å². The Labute approximate surface area is 121 Å². The van der Waals surface area contributed by atoms with Gasteiger partial charge in [0.15, 0.2) is 0 Å². The minimum absolute atomic E-state index is 0.0812. The first-order chi connectivity index (χ1) is 8.93. The largest absolute Gasteiger partial charge is 0.297 e. The molecule has 0 aliphatic carbocycles. The average Bonchev–Trinajstić information content (AvgIpc) is 2.73. The minimum atomic E-state index is -0.158. The first kappa shape index (κ1) is 16.4. The second kappa shape index (κ2) is 6.70. The lowest BCUT2D eigenvalue weighted by atomic mass is 9.90. The van der Waals surface area contributed by atoms with Gasteiger partial charge >= 0.3 is 0 Å². The van der Waals surface area contributed by atoms with Crippen LogP contribution < -0.4 is 11.3 Å². The monoisotopic (exact) mass is 287 g/mol. The summed E-state index contributed by atoms with van der Waals surface area (Å²) in [5, 5.41) is 4.96. The van der Waals surface area contributed by atoms with Gasteiger partial charge in [0.1, 0.15) is 0 Å². The number of nitrogens with zero attached hydrogens (tertiary/aromatic N) is 3. The number of rotatable bonds is 7. The van der Waals surface area contributed by atoms with Gasteiger partial charge in [-0.15, -0.1) is 0 Å². The van der Waals surface area contributed by atoms with Crippen molar-refractivity contribution in [3.63, 3.8) is 0 Å². The molecule has 1 aromatic heterocycles. The summed E-state index contributed by atoms with van der Waals surface area (Å²) < 4.78 is 1.90. The van der Waals surface area contributed by atoms with Crippen LogP contribution in [0, 0.1) is 0 Å². The summed E-state index contributed by atoms with van der Waals surface area (Å²) in [6, 6.07) is -0.0812. The third kappa shape index (κ3) is 3.11. The number of hydrogen-bond donors (Lipinski definition) is 2. The van der Waals surface area contributed by atoms with E-state index in [0.29, 0.717) is 5.02 Å². The Morgan fingerprint density at radius 2 is 2.00 bits per heavy atom. The standard InChI is InChI=1S/C13H26ClN5/c1-6-18(7-2)13(4,5)12(17-15)11-10(14)9-16-19(11)8-3/h9,12,17H,6-8,15H2,1-5H3. The molecule has 19 heavy (non-hydrogen) atoms. The second-order valence-corrected chi connectivity index (χ2v) is 5.53. The lowest BCUT2D eigenvalue weighted by Gasteiger charge is -2.43. The van der Waals surface area contributed by atoms with Crippen molar-refractivity contribution in [2.75, 3.05) is 13.1 Å². The van der Waals surface area contributed by atoms with E-state index in [2.05, 4.69) is 43.1 Å². The Hall–Kier alpha value is -0.620. The lowest BCUT2D eigenvalue weighted by Crippen LogP contribution is -2.54. The molecule has 0 saturated carbocycles. The molecule has 5 nitrogen and oxygen atoms in total. The zero-order chi connectivity index (χ0) is 14.6. The summed E-state index contributed by atoms with van der Waals surface area (Å²) >= 11 is 6.30. The fraction of sp³-hybridized carbons (Fsp3) is 0.769. The van der Waals surface area contributed by atoms with Crippen molar-refractivity contribution in [2.45, 2.75) is 52.7 Å². The van der Waals surface area contributed by atoms with Crippen LogP contribution in [0.5, 0.6) is 0 Å². The lowest BCUT2D eigenvalue weighted by molar-refractivity contribution is 0.0876. The number of nitrogens with one attached hydrogen (secondary N) is 1. The number of halogens is 1. The molecule has 6 heteroatoms. The molecule has 0 aromatic carbocycles. The third-order valence-electron chi connectivity index (χ3n) is 3.86. The summed E-state index contributed by atoms with van der Waals surface area (Å²) in [5.74, 6) is 5.81. The van der Waals surface area contributed by atoms with Gasteiger partial charge in [-0.05, 0) is 33.9 Å². The Kier molecular flexibility index (Phi) is 5.80. The summed E-state index contributed by atoms with van der Waals surface area (Å²) in [4.78, 5) is 2.36. The Morgan fingerprint density at radius 1 is 1.42 bits per heavy atom. The Bertz CT molecular complexity index is 398. The summed E-state index contributed by atoms with van der Waals surface area (Å²) in [7, 11) is 0. The first-order valence-corrected chi connectivity index (χ1v) is 7.24. The smallest absolute Gasteiger partial charge is 0.0835 e. The average molecular weight is 288 g/mol. The molecule has 0 aliphatic heterocycles. The van der Waals surface area contributed by atoms with E-state index >= 15 is 0 Å². The molecule has 110 valence electrons. The number of aromatic nitrogens is 2. The zero-order valence-electron chi connectivity index (χ0n) is 12.6. The molecule has 1 rings (SSSR count). The molecule has 3 N–H and O–H groups in total. The maximum atomic E-state index is 6.30. The molecule has 0 spiro atoms. The van der Waals surface area contributed by atoms with Gasteiger partial charge in [0.25, 0.3) is 0 Å². The second-order valence-electron chi connectivity index (χ2n) is 5.12. The van der Waals surface area contributed by atoms with Crippen LogP contribution in [0.1, 0.15) is 46.4 Å². The third-order valence-corrected chi connectivity index (χ3v) is 4.15. The first-order valence-electron chi connectivity index (χ1n) is 6.86. The van der Waals surface area contributed by atoms with E-state index in [1.54, 1.807) is 6.20 Å². The minimum Gasteiger partial charge on any atom is -0.297 e. The van der Waals surface area contributed by atoms with Crippen LogP contribution in [-0.4, -0.2) is 33.3 Å². The van der Waals surface area contributed by atoms with Crippen molar-refractivity contribution in [3.8, 4) is 0 Å². The van der Waals surface area contributed by atoms with E-state index in [4.69, 9.17) is 17.4 Å². The topological polar surface area (TPSA) is 59.1 Å². The molecule has 0 aliphatic rings. The van der Waals surface area contributed by atoms with E-state index in [0.717, 1.165) is 25.3 Å². The fourth-order valence-electron chi connectivity index (χ4n) is 2.75. The van der Waals surface area contributed by atoms with E-state index in [1.165, 1.54) is 0 Å². The van der Waals surface area contributed by atoms with Gasteiger partial charge in [0, 0.05) is 12.1 Å². The van der Waals surface area contributed by atoms with Crippen LogP contribution in [-0.2, 0) is 6.54 Å². The van der Waals surface area contributed by atoms with Crippen LogP contribution in [0.4, 0.5) is 0 Å². The van der Waals surface area contributed by atoms with E-state index in [9.17, 15) is 0 Å². The highest BCUT2D eigenvalue weighted by molar-refractivity contribution is 6.31. The number of nitrogens with two attached hydrogens (primary N) is 1. The number of aryl methyl sites for hydroxylation is 1. The molecule has 0 saturated heterocycles. The molecular formula is C13H26ClN5. The molecular weight excluding hydrogens is 262 g/mol. The van der Waals surface area contributed by atoms with Crippen molar-refractivity contribution < 1.29 is 0 Å². The van der Waals surface area contributed by atoms with Crippen LogP contribution >= 0.6 is 11.6 Å². The van der Waals surface area contributed by atoms with E-state index in [-0.39, 0.29) is 11.6 Å². The van der Waals surface area contributed by atoms with Crippen molar-refractivity contribution in [2.24, 2.45) is 5.84 Å². The van der Waals surface area contributed by atoms with E-state index in [1.807, 2.05) is 11.6 Å².